The lowest BCUT2D eigenvalue weighted by Gasteiger charge is -2.22. The van der Waals surface area contributed by atoms with Crippen molar-refractivity contribution in [3.05, 3.63) is 263 Å². The van der Waals surface area contributed by atoms with Crippen LogP contribution < -0.4 is 10.6 Å². The fourth-order valence-electron chi connectivity index (χ4n) is 10.0. The molecule has 84 heavy (non-hydrogen) atoms. The second kappa shape index (κ2) is 28.0. The number of carbonyl (C=O) groups is 4. The molecule has 0 aliphatic heterocycles. The van der Waals surface area contributed by atoms with E-state index in [-0.39, 0.29) is 43.3 Å². The minimum Gasteiger partial charge on any atom is -0.461 e. The van der Waals surface area contributed by atoms with Crippen molar-refractivity contribution in [1.29, 1.82) is 0 Å². The van der Waals surface area contributed by atoms with Crippen LogP contribution >= 0.6 is 0 Å². The van der Waals surface area contributed by atoms with Gasteiger partial charge >= 0.3 is 11.9 Å². The smallest absolute Gasteiger partial charge is 0.309 e. The number of hydrogen-bond acceptors (Lipinski definition) is 12. The van der Waals surface area contributed by atoms with Gasteiger partial charge in [0.15, 0.2) is 0 Å². The molecule has 2 heterocycles. The number of benzene rings is 8. The molecule has 2 N–H and O–H groups in total. The lowest BCUT2D eigenvalue weighted by Crippen LogP contribution is -2.40. The summed E-state index contributed by atoms with van der Waals surface area (Å²) in [5.41, 5.74) is 11.8. The summed E-state index contributed by atoms with van der Waals surface area (Å²) in [5, 5.41) is 31.0. The maximum Gasteiger partial charge on any atom is 0.309 e. The van der Waals surface area contributed by atoms with Crippen LogP contribution in [-0.2, 0) is 58.2 Å². The number of aromatic nitrogens is 8. The first-order valence-electron chi connectivity index (χ1n) is 28.1. The van der Waals surface area contributed by atoms with E-state index in [1.165, 1.54) is 9.48 Å². The third-order valence-corrected chi connectivity index (χ3v) is 14.6. The number of amides is 2. The fourth-order valence-corrected chi connectivity index (χ4v) is 10.0. The summed E-state index contributed by atoms with van der Waals surface area (Å²) in [5.74, 6) is -2.70. The van der Waals surface area contributed by atoms with Crippen LogP contribution in [0.2, 0.25) is 0 Å². The van der Waals surface area contributed by atoms with E-state index in [2.05, 4.69) is 96.2 Å². The van der Waals surface area contributed by atoms with Gasteiger partial charge in [-0.15, -0.1) is 15.3 Å². The topological polar surface area (TPSA) is 198 Å². The van der Waals surface area contributed by atoms with E-state index in [9.17, 15) is 19.2 Å². The van der Waals surface area contributed by atoms with E-state index in [1.807, 2.05) is 171 Å². The molecular weight excluding hydrogens is 1050 g/mol. The van der Waals surface area contributed by atoms with E-state index >= 15 is 0 Å². The molecule has 0 spiro atoms. The van der Waals surface area contributed by atoms with Gasteiger partial charge in [0, 0.05) is 12.1 Å². The van der Waals surface area contributed by atoms with Crippen molar-refractivity contribution in [2.45, 2.75) is 77.9 Å². The minimum atomic E-state index is -0.522. The quantitative estimate of drug-likeness (QED) is 0.0514. The van der Waals surface area contributed by atoms with Gasteiger partial charge in [0.25, 0.3) is 17.6 Å². The van der Waals surface area contributed by atoms with Gasteiger partial charge in [-0.05, 0) is 114 Å². The Bertz CT molecular complexity index is 3750. The molecule has 2 aromatic heterocycles. The standard InChI is InChI=1S/C68H64N10O6/c1-47(67(81)83-45-53-18-9-4-10-19-53)38-61(69-65(79)63-71-75-78(73-63)44-51-16-7-3-8-17-51)40-50-28-34-57(35-29-50)59-24-15-25-60(42-59)58-36-30-52(31-37-58)43-77-64(72-74-76-77)66(80)70-62(39-48(2)68(82)84-46-54-20-11-5-12-21-54)41-49-26-32-56(33-27-49)55-22-13-6-14-23-55/h3-37,42,47-48,61-62H,38-41,43-46H2,1-2H3,(H,69,79)(H,70,80)/t47-,48-,61?,62?/m1/s1. The van der Waals surface area contributed by atoms with Crippen LogP contribution in [0.1, 0.15) is 81.3 Å². The largest absolute Gasteiger partial charge is 0.461 e. The van der Waals surface area contributed by atoms with Crippen molar-refractivity contribution >= 4 is 23.8 Å². The predicted molar refractivity (Wildman–Crippen MR) is 319 cm³/mol. The van der Waals surface area contributed by atoms with Crippen molar-refractivity contribution < 1.29 is 28.7 Å². The zero-order valence-corrected chi connectivity index (χ0v) is 46.8. The third kappa shape index (κ3) is 15.8. The summed E-state index contributed by atoms with van der Waals surface area (Å²) in [6.45, 7) is 4.54. The molecular formula is C68H64N10O6. The van der Waals surface area contributed by atoms with Crippen molar-refractivity contribution in [2.24, 2.45) is 11.8 Å². The predicted octanol–water partition coefficient (Wildman–Crippen LogP) is 11.0. The van der Waals surface area contributed by atoms with Crippen molar-refractivity contribution in [3.8, 4) is 33.4 Å². The Morgan fingerprint density at radius 2 is 0.845 bits per heavy atom. The molecule has 16 nitrogen and oxygen atoms in total. The molecule has 0 fully saturated rings. The molecule has 0 saturated heterocycles. The highest BCUT2D eigenvalue weighted by Crippen LogP contribution is 2.28. The fraction of sp³-hybridized carbons (Fsp3) is 0.206. The van der Waals surface area contributed by atoms with Gasteiger partial charge in [-0.25, -0.2) is 4.68 Å². The van der Waals surface area contributed by atoms with E-state index in [1.54, 1.807) is 6.92 Å². The second-order valence-corrected chi connectivity index (χ2v) is 21.0. The molecule has 2 unspecified atom stereocenters. The van der Waals surface area contributed by atoms with E-state index < -0.39 is 35.7 Å². The number of rotatable bonds is 25. The molecule has 2 amide bonds. The average molecular weight is 1120 g/mol. The zero-order valence-electron chi connectivity index (χ0n) is 46.8. The highest BCUT2D eigenvalue weighted by molar-refractivity contribution is 5.91. The van der Waals surface area contributed by atoms with Gasteiger partial charge in [-0.1, -0.05) is 226 Å². The van der Waals surface area contributed by atoms with Crippen LogP contribution in [0.3, 0.4) is 0 Å². The van der Waals surface area contributed by atoms with Gasteiger partial charge in [-0.3, -0.25) is 19.2 Å². The van der Waals surface area contributed by atoms with Gasteiger partial charge in [0.05, 0.1) is 24.9 Å². The normalized spacial score (nSPS) is 12.5. The van der Waals surface area contributed by atoms with Crippen LogP contribution in [0.15, 0.2) is 218 Å². The van der Waals surface area contributed by atoms with Crippen molar-refractivity contribution in [3.63, 3.8) is 0 Å². The molecule has 0 aliphatic rings. The van der Waals surface area contributed by atoms with Crippen LogP contribution in [0.4, 0.5) is 0 Å². The second-order valence-electron chi connectivity index (χ2n) is 21.0. The van der Waals surface area contributed by atoms with Gasteiger partial charge in [0.2, 0.25) is 5.82 Å². The molecule has 10 aromatic rings. The Morgan fingerprint density at radius 1 is 0.429 bits per heavy atom. The minimum absolute atomic E-state index is 0.0492. The zero-order chi connectivity index (χ0) is 58.0. The number of ether oxygens (including phenoxy) is 2. The lowest BCUT2D eigenvalue weighted by molar-refractivity contribution is -0.150. The van der Waals surface area contributed by atoms with E-state index in [0.29, 0.717) is 32.2 Å². The van der Waals surface area contributed by atoms with Gasteiger partial charge in [0.1, 0.15) is 13.2 Å². The summed E-state index contributed by atoms with van der Waals surface area (Å²) in [4.78, 5) is 55.7. The highest BCUT2D eigenvalue weighted by Gasteiger charge is 2.27. The Morgan fingerprint density at radius 3 is 1.36 bits per heavy atom. The molecule has 4 atom stereocenters. The molecule has 16 heteroatoms. The van der Waals surface area contributed by atoms with Crippen LogP contribution in [0.25, 0.3) is 33.4 Å². The SMILES string of the molecule is C[C@H](CC(Cc1ccc(-c2cccc(-c3ccc(Cn4nnnc4C(=O)NC(Cc4ccc(-c5ccccc5)cc4)C[C@@H](C)C(=O)OCc4ccccc4)cc3)c2)cc1)NC(=O)c1nnn(Cc2ccccc2)n1)C(=O)OCc1ccccc1. The van der Waals surface area contributed by atoms with Crippen LogP contribution in [0, 0.1) is 11.8 Å². The molecule has 10 rings (SSSR count). The Kier molecular flexibility index (Phi) is 19.0. The summed E-state index contributed by atoms with van der Waals surface area (Å²) < 4.78 is 12.8. The first-order valence-corrected chi connectivity index (χ1v) is 28.1. The van der Waals surface area contributed by atoms with Crippen LogP contribution in [0.5, 0.6) is 0 Å². The first kappa shape index (κ1) is 57.0. The Balaban J connectivity index is 0.780. The summed E-state index contributed by atoms with van der Waals surface area (Å²) in [6.07, 6.45) is 1.54. The molecule has 0 bridgehead atoms. The summed E-state index contributed by atoms with van der Waals surface area (Å²) in [7, 11) is 0. The molecule has 0 saturated carbocycles. The van der Waals surface area contributed by atoms with Gasteiger partial charge in [-0.2, -0.15) is 4.80 Å². The highest BCUT2D eigenvalue weighted by atomic mass is 16.5. The lowest BCUT2D eigenvalue weighted by atomic mass is 9.94. The Labute approximate surface area is 487 Å². The number of nitrogens with one attached hydrogen (secondary N) is 2. The number of hydrogen-bond donors (Lipinski definition) is 2. The Hall–Kier alpha value is -10.2. The van der Waals surface area contributed by atoms with Gasteiger partial charge < -0.3 is 20.1 Å². The summed E-state index contributed by atoms with van der Waals surface area (Å²) in [6, 6.07) is 70.7. The maximum absolute atomic E-state index is 14.1. The van der Waals surface area contributed by atoms with Crippen molar-refractivity contribution in [2.75, 3.05) is 0 Å². The molecule has 0 aliphatic carbocycles. The molecule has 422 valence electrons. The van der Waals surface area contributed by atoms with Crippen LogP contribution in [-0.4, -0.2) is 76.3 Å². The number of tetrazole rings is 2. The average Bonchev–Trinajstić information content (AvgIpc) is 4.30. The number of nitrogens with zero attached hydrogens (tertiary/aromatic N) is 8. The summed E-state index contributed by atoms with van der Waals surface area (Å²) >= 11 is 0. The third-order valence-electron chi connectivity index (χ3n) is 14.6. The molecule has 0 radical (unpaired) electrons. The monoisotopic (exact) mass is 1120 g/mol. The van der Waals surface area contributed by atoms with E-state index in [0.717, 1.165) is 66.8 Å². The maximum atomic E-state index is 14.1. The molecule has 8 aromatic carbocycles. The first-order chi connectivity index (χ1) is 41.0. The number of esters is 2. The van der Waals surface area contributed by atoms with Crippen molar-refractivity contribution in [1.82, 2.24) is 51.0 Å². The van der Waals surface area contributed by atoms with E-state index in [4.69, 9.17) is 9.47 Å². The number of carbonyl (C=O) groups excluding carboxylic acids is 4.